The van der Waals surface area contributed by atoms with Crippen LogP contribution in [0.5, 0.6) is 11.5 Å². The number of aliphatic carboxylic acids is 1. The molecule has 21 heavy (non-hydrogen) atoms. The predicted octanol–water partition coefficient (Wildman–Crippen LogP) is 3.60. The third-order valence-electron chi connectivity index (χ3n) is 3.49. The first-order valence-corrected chi connectivity index (χ1v) is 7.29. The third-order valence-corrected chi connectivity index (χ3v) is 4.77. The highest BCUT2D eigenvalue weighted by Crippen LogP contribution is 2.54. The van der Waals surface area contributed by atoms with Crippen LogP contribution >= 0.6 is 11.8 Å². The lowest BCUT2D eigenvalue weighted by Gasteiger charge is -2.26. The molecule has 0 bridgehead atoms. The molecule has 2 aromatic rings. The molecule has 0 spiro atoms. The Balaban J connectivity index is 2.30. The molecule has 0 aromatic heterocycles. The van der Waals surface area contributed by atoms with E-state index in [1.54, 1.807) is 20.3 Å². The van der Waals surface area contributed by atoms with Gasteiger partial charge in [0.25, 0.3) is 0 Å². The van der Waals surface area contributed by atoms with Crippen LogP contribution in [0, 0.1) is 0 Å². The van der Waals surface area contributed by atoms with Crippen molar-refractivity contribution in [1.82, 2.24) is 0 Å². The Morgan fingerprint density at radius 3 is 2.57 bits per heavy atom. The maximum absolute atomic E-state index is 11.5. The normalized spacial score (nSPS) is 15.8. The number of carbonyl (C=O) groups is 1. The molecule has 0 radical (unpaired) electrons. The van der Waals surface area contributed by atoms with Crippen LogP contribution < -0.4 is 9.47 Å². The largest absolute Gasteiger partial charge is 0.493 e. The summed E-state index contributed by atoms with van der Waals surface area (Å²) in [5.41, 5.74) is 2.57. The fourth-order valence-electron chi connectivity index (χ4n) is 2.59. The van der Waals surface area contributed by atoms with Crippen LogP contribution in [-0.4, -0.2) is 25.3 Å². The van der Waals surface area contributed by atoms with Crippen molar-refractivity contribution in [1.29, 1.82) is 0 Å². The number of hydrogen-bond acceptors (Lipinski definition) is 4. The fourth-order valence-corrected chi connectivity index (χ4v) is 3.74. The lowest BCUT2D eigenvalue weighted by atomic mass is 9.95. The zero-order valence-electron chi connectivity index (χ0n) is 11.6. The molecule has 1 N–H and O–H groups in total. The van der Waals surface area contributed by atoms with Crippen molar-refractivity contribution in [3.63, 3.8) is 0 Å². The quantitative estimate of drug-likeness (QED) is 0.938. The van der Waals surface area contributed by atoms with E-state index < -0.39 is 11.2 Å². The first kappa shape index (κ1) is 13.8. The minimum absolute atomic E-state index is 0.605. The molecule has 1 atom stereocenters. The summed E-state index contributed by atoms with van der Waals surface area (Å²) < 4.78 is 10.8. The highest BCUT2D eigenvalue weighted by molar-refractivity contribution is 8.00. The second kappa shape index (κ2) is 5.33. The Labute approximate surface area is 126 Å². The van der Waals surface area contributed by atoms with E-state index in [1.165, 1.54) is 11.8 Å². The molecule has 0 saturated carbocycles. The number of benzene rings is 2. The average molecular weight is 302 g/mol. The molecule has 4 nitrogen and oxygen atoms in total. The molecule has 1 aliphatic rings. The topological polar surface area (TPSA) is 55.8 Å². The second-order valence-electron chi connectivity index (χ2n) is 4.60. The van der Waals surface area contributed by atoms with Gasteiger partial charge in [-0.15, -0.1) is 11.8 Å². The summed E-state index contributed by atoms with van der Waals surface area (Å²) in [6.07, 6.45) is 0. The summed E-state index contributed by atoms with van der Waals surface area (Å²) >= 11 is 1.32. The summed E-state index contributed by atoms with van der Waals surface area (Å²) in [7, 11) is 3.18. The number of fused-ring (bicyclic) bond motifs is 3. The van der Waals surface area contributed by atoms with Gasteiger partial charge in [-0.1, -0.05) is 24.3 Å². The van der Waals surface area contributed by atoms with Gasteiger partial charge in [0, 0.05) is 10.5 Å². The summed E-state index contributed by atoms with van der Waals surface area (Å²) in [5, 5.41) is 8.86. The maximum Gasteiger partial charge on any atom is 0.321 e. The highest BCUT2D eigenvalue weighted by Gasteiger charge is 2.32. The first-order valence-electron chi connectivity index (χ1n) is 6.41. The summed E-state index contributed by atoms with van der Waals surface area (Å²) in [4.78, 5) is 12.4. The van der Waals surface area contributed by atoms with Crippen LogP contribution in [0.2, 0.25) is 0 Å². The summed E-state index contributed by atoms with van der Waals surface area (Å²) in [6, 6.07) is 11.2. The Bertz CT molecular complexity index is 711. The van der Waals surface area contributed by atoms with E-state index in [0.29, 0.717) is 11.5 Å². The van der Waals surface area contributed by atoms with Gasteiger partial charge in [-0.2, -0.15) is 0 Å². The first-order chi connectivity index (χ1) is 10.2. The molecule has 1 heterocycles. The minimum atomic E-state index is -0.840. The number of carboxylic acid groups (broad SMARTS) is 1. The molecule has 1 unspecified atom stereocenters. The van der Waals surface area contributed by atoms with Gasteiger partial charge in [0.2, 0.25) is 0 Å². The Kier molecular flexibility index (Phi) is 3.51. The lowest BCUT2D eigenvalue weighted by molar-refractivity contribution is -0.136. The van der Waals surface area contributed by atoms with E-state index in [1.807, 2.05) is 30.3 Å². The van der Waals surface area contributed by atoms with Crippen molar-refractivity contribution in [2.75, 3.05) is 14.2 Å². The molecule has 1 aliphatic heterocycles. The van der Waals surface area contributed by atoms with Crippen molar-refractivity contribution in [2.24, 2.45) is 0 Å². The summed E-state index contributed by atoms with van der Waals surface area (Å²) in [6.45, 7) is 0. The highest BCUT2D eigenvalue weighted by atomic mass is 32.2. The molecule has 3 rings (SSSR count). The molecule has 2 aromatic carbocycles. The van der Waals surface area contributed by atoms with Crippen LogP contribution in [0.3, 0.4) is 0 Å². The minimum Gasteiger partial charge on any atom is -0.493 e. The van der Waals surface area contributed by atoms with Crippen LogP contribution in [0.15, 0.2) is 41.3 Å². The van der Waals surface area contributed by atoms with Crippen LogP contribution in [-0.2, 0) is 4.79 Å². The lowest BCUT2D eigenvalue weighted by Crippen LogP contribution is -2.13. The molecular formula is C16H14O4S. The van der Waals surface area contributed by atoms with Gasteiger partial charge in [-0.3, -0.25) is 4.79 Å². The third kappa shape index (κ3) is 2.14. The molecule has 0 amide bonds. The van der Waals surface area contributed by atoms with Crippen molar-refractivity contribution in [2.45, 2.75) is 10.1 Å². The maximum atomic E-state index is 11.5. The van der Waals surface area contributed by atoms with Crippen molar-refractivity contribution < 1.29 is 19.4 Å². The zero-order chi connectivity index (χ0) is 15.0. The molecule has 0 fully saturated rings. The zero-order valence-corrected chi connectivity index (χ0v) is 12.4. The Morgan fingerprint density at radius 2 is 1.90 bits per heavy atom. The number of hydrogen-bond donors (Lipinski definition) is 1. The molecular weight excluding hydrogens is 288 g/mol. The van der Waals surface area contributed by atoms with Crippen molar-refractivity contribution >= 4 is 17.7 Å². The van der Waals surface area contributed by atoms with Crippen LogP contribution in [0.1, 0.15) is 10.8 Å². The van der Waals surface area contributed by atoms with Gasteiger partial charge in [0.05, 0.1) is 14.2 Å². The van der Waals surface area contributed by atoms with Crippen molar-refractivity contribution in [3.05, 3.63) is 42.0 Å². The van der Waals surface area contributed by atoms with Gasteiger partial charge < -0.3 is 14.6 Å². The standard InChI is InChI=1S/C16H14O4S/c1-19-11-7-8-12-13(14(11)20-2)9-5-3-4-6-10(9)15(21-12)16(17)18/h3-8,15H,1-2H3,(H,17,18). The Hall–Kier alpha value is -2.14. The van der Waals surface area contributed by atoms with Crippen LogP contribution in [0.4, 0.5) is 0 Å². The smallest absolute Gasteiger partial charge is 0.321 e. The average Bonchev–Trinajstić information content (AvgIpc) is 2.52. The number of rotatable bonds is 3. The van der Waals surface area contributed by atoms with E-state index >= 15 is 0 Å². The molecule has 0 aliphatic carbocycles. The van der Waals surface area contributed by atoms with Gasteiger partial charge in [0.1, 0.15) is 5.25 Å². The van der Waals surface area contributed by atoms with Gasteiger partial charge in [-0.25, -0.2) is 0 Å². The number of carboxylic acids is 1. The number of methoxy groups -OCH3 is 2. The van der Waals surface area contributed by atoms with E-state index in [2.05, 4.69) is 0 Å². The molecule has 108 valence electrons. The van der Waals surface area contributed by atoms with E-state index in [0.717, 1.165) is 21.6 Å². The van der Waals surface area contributed by atoms with Crippen molar-refractivity contribution in [3.8, 4) is 22.6 Å². The molecule has 0 saturated heterocycles. The van der Waals surface area contributed by atoms with Gasteiger partial charge in [0.15, 0.2) is 11.5 Å². The monoisotopic (exact) mass is 302 g/mol. The Morgan fingerprint density at radius 1 is 1.14 bits per heavy atom. The fraction of sp³-hybridized carbons (Fsp3) is 0.188. The van der Waals surface area contributed by atoms with Gasteiger partial charge >= 0.3 is 5.97 Å². The predicted molar refractivity (Wildman–Crippen MR) is 81.2 cm³/mol. The summed E-state index contributed by atoms with van der Waals surface area (Å²) in [5.74, 6) is 0.437. The SMILES string of the molecule is COc1ccc2c(c1OC)-c1ccccc1C(C(=O)O)S2. The number of thioether (sulfide) groups is 1. The van der Waals surface area contributed by atoms with Gasteiger partial charge in [-0.05, 0) is 23.3 Å². The van der Waals surface area contributed by atoms with E-state index in [-0.39, 0.29) is 0 Å². The van der Waals surface area contributed by atoms with E-state index in [9.17, 15) is 9.90 Å². The second-order valence-corrected chi connectivity index (χ2v) is 5.74. The van der Waals surface area contributed by atoms with Crippen LogP contribution in [0.25, 0.3) is 11.1 Å². The number of ether oxygens (including phenoxy) is 2. The molecule has 5 heteroatoms. The van der Waals surface area contributed by atoms with E-state index in [4.69, 9.17) is 9.47 Å².